The van der Waals surface area contributed by atoms with Gasteiger partial charge in [-0.3, -0.25) is 4.79 Å². The summed E-state index contributed by atoms with van der Waals surface area (Å²) in [6.45, 7) is 2.08. The van der Waals surface area contributed by atoms with Gasteiger partial charge in [-0.25, -0.2) is 0 Å². The fraction of sp³-hybridized carbons (Fsp3) is 0.211. The molecule has 0 bridgehead atoms. The highest BCUT2D eigenvalue weighted by Crippen LogP contribution is 2.26. The fourth-order valence-corrected chi connectivity index (χ4v) is 3.47. The van der Waals surface area contributed by atoms with E-state index in [-0.39, 0.29) is 0 Å². The molecule has 1 aromatic heterocycles. The Balaban J connectivity index is 1.62. The Kier molecular flexibility index (Phi) is 4.16. The number of ketones is 1. The number of thiophene rings is 1. The van der Waals surface area contributed by atoms with Gasteiger partial charge in [-0.15, -0.1) is 11.3 Å². The maximum Gasteiger partial charge on any atom is 0.137 e. The Morgan fingerprint density at radius 1 is 1.05 bits per heavy atom. The van der Waals surface area contributed by atoms with E-state index >= 15 is 0 Å². The van der Waals surface area contributed by atoms with Crippen LogP contribution in [0.2, 0.25) is 0 Å². The van der Waals surface area contributed by atoms with Gasteiger partial charge in [0.05, 0.1) is 0 Å². The molecular formula is C19H18OS. The molecule has 0 radical (unpaired) electrons. The van der Waals surface area contributed by atoms with Crippen molar-refractivity contribution in [1.82, 2.24) is 0 Å². The number of carbonyl (C=O) groups is 1. The fourth-order valence-electron chi connectivity index (χ4n) is 2.51. The number of Topliss-reactive ketones (excluding diaryl/α,β-unsaturated/α-hetero) is 1. The van der Waals surface area contributed by atoms with E-state index in [1.165, 1.54) is 26.8 Å². The third-order valence-electron chi connectivity index (χ3n) is 3.76. The molecule has 0 fully saturated rings. The Labute approximate surface area is 129 Å². The van der Waals surface area contributed by atoms with E-state index < -0.39 is 0 Å². The molecule has 2 heteroatoms. The first-order chi connectivity index (χ1) is 10.2. The Hall–Kier alpha value is -1.93. The summed E-state index contributed by atoms with van der Waals surface area (Å²) in [5, 5.41) is 3.35. The van der Waals surface area contributed by atoms with Crippen LogP contribution in [-0.4, -0.2) is 5.78 Å². The summed E-state index contributed by atoms with van der Waals surface area (Å²) in [7, 11) is 0. The molecule has 0 saturated heterocycles. The summed E-state index contributed by atoms with van der Waals surface area (Å²) in [5.41, 5.74) is 3.67. The van der Waals surface area contributed by atoms with E-state index in [9.17, 15) is 4.79 Å². The van der Waals surface area contributed by atoms with Gasteiger partial charge in [-0.05, 0) is 41.3 Å². The maximum absolute atomic E-state index is 12.2. The van der Waals surface area contributed by atoms with Crippen LogP contribution in [0, 0.1) is 6.92 Å². The minimum absolute atomic E-state index is 0.319. The molecule has 0 aliphatic rings. The van der Waals surface area contributed by atoms with Crippen molar-refractivity contribution in [1.29, 1.82) is 0 Å². The highest BCUT2D eigenvalue weighted by Gasteiger charge is 2.09. The molecule has 0 atom stereocenters. The second-order valence-corrected chi connectivity index (χ2v) is 6.37. The number of hydrogen-bond acceptors (Lipinski definition) is 2. The van der Waals surface area contributed by atoms with E-state index in [4.69, 9.17) is 0 Å². The Morgan fingerprint density at radius 3 is 2.62 bits per heavy atom. The van der Waals surface area contributed by atoms with Gasteiger partial charge in [-0.2, -0.15) is 0 Å². The molecular weight excluding hydrogens is 276 g/mol. The number of fused-ring (bicyclic) bond motifs is 1. The minimum Gasteiger partial charge on any atom is -0.299 e. The van der Waals surface area contributed by atoms with Crippen molar-refractivity contribution in [2.24, 2.45) is 0 Å². The van der Waals surface area contributed by atoms with Gasteiger partial charge in [0.25, 0.3) is 0 Å². The molecule has 2 aromatic carbocycles. The van der Waals surface area contributed by atoms with Crippen LogP contribution in [0.15, 0.2) is 53.9 Å². The monoisotopic (exact) mass is 294 g/mol. The topological polar surface area (TPSA) is 17.1 Å². The summed E-state index contributed by atoms with van der Waals surface area (Å²) >= 11 is 1.72. The summed E-state index contributed by atoms with van der Waals surface area (Å²) in [6.07, 6.45) is 2.00. The molecule has 0 saturated carbocycles. The van der Waals surface area contributed by atoms with Gasteiger partial charge in [-0.1, -0.05) is 48.0 Å². The zero-order valence-electron chi connectivity index (χ0n) is 12.1. The van der Waals surface area contributed by atoms with Crippen molar-refractivity contribution < 1.29 is 4.79 Å². The van der Waals surface area contributed by atoms with Gasteiger partial charge in [0.15, 0.2) is 0 Å². The average Bonchev–Trinajstić information content (AvgIpc) is 2.90. The number of benzene rings is 2. The van der Waals surface area contributed by atoms with E-state index in [0.29, 0.717) is 18.6 Å². The van der Waals surface area contributed by atoms with E-state index in [2.05, 4.69) is 48.7 Å². The van der Waals surface area contributed by atoms with Crippen molar-refractivity contribution in [2.45, 2.75) is 26.2 Å². The highest BCUT2D eigenvalue weighted by molar-refractivity contribution is 7.17. The molecule has 0 spiro atoms. The van der Waals surface area contributed by atoms with Crippen molar-refractivity contribution >= 4 is 27.2 Å². The standard InChI is InChI=1S/C19H18OS/c1-14-6-8-15(9-7-14)10-11-17(20)12-16-13-21-19-5-3-2-4-18(16)19/h2-9,13H,10-12H2,1H3. The average molecular weight is 294 g/mol. The van der Waals surface area contributed by atoms with Gasteiger partial charge in [0.1, 0.15) is 5.78 Å². The first-order valence-corrected chi connectivity index (χ1v) is 8.13. The number of carbonyl (C=O) groups excluding carboxylic acids is 1. The second-order valence-electron chi connectivity index (χ2n) is 5.46. The van der Waals surface area contributed by atoms with Gasteiger partial charge < -0.3 is 0 Å². The summed E-state index contributed by atoms with van der Waals surface area (Å²) in [5.74, 6) is 0.319. The molecule has 0 unspecified atom stereocenters. The van der Waals surface area contributed by atoms with Crippen LogP contribution in [0.25, 0.3) is 10.1 Å². The predicted molar refractivity (Wildman–Crippen MR) is 90.0 cm³/mol. The molecule has 3 aromatic rings. The largest absolute Gasteiger partial charge is 0.299 e. The van der Waals surface area contributed by atoms with Crippen molar-refractivity contribution in [3.8, 4) is 0 Å². The lowest BCUT2D eigenvalue weighted by atomic mass is 10.0. The molecule has 0 N–H and O–H groups in total. The third kappa shape index (κ3) is 3.40. The zero-order chi connectivity index (χ0) is 14.7. The highest BCUT2D eigenvalue weighted by atomic mass is 32.1. The van der Waals surface area contributed by atoms with Crippen LogP contribution in [-0.2, 0) is 17.6 Å². The molecule has 0 amide bonds. The quantitative estimate of drug-likeness (QED) is 0.650. The lowest BCUT2D eigenvalue weighted by Gasteiger charge is -2.02. The SMILES string of the molecule is Cc1ccc(CCC(=O)Cc2csc3ccccc23)cc1. The van der Waals surface area contributed by atoms with Crippen molar-refractivity contribution in [3.63, 3.8) is 0 Å². The zero-order valence-corrected chi connectivity index (χ0v) is 13.0. The third-order valence-corrected chi connectivity index (χ3v) is 4.77. The van der Waals surface area contributed by atoms with Gasteiger partial charge >= 0.3 is 0 Å². The predicted octanol–water partition coefficient (Wildman–Crippen LogP) is 4.95. The molecule has 1 nitrogen and oxygen atoms in total. The molecule has 1 heterocycles. The molecule has 106 valence electrons. The normalized spacial score (nSPS) is 10.9. The summed E-state index contributed by atoms with van der Waals surface area (Å²) < 4.78 is 1.26. The Bertz CT molecular complexity index is 753. The number of aryl methyl sites for hydroxylation is 2. The number of rotatable bonds is 5. The van der Waals surface area contributed by atoms with Crippen molar-refractivity contribution in [2.75, 3.05) is 0 Å². The van der Waals surface area contributed by atoms with E-state index in [0.717, 1.165) is 6.42 Å². The lowest BCUT2D eigenvalue weighted by Crippen LogP contribution is -2.03. The number of hydrogen-bond donors (Lipinski definition) is 0. The first-order valence-electron chi connectivity index (χ1n) is 7.25. The first kappa shape index (κ1) is 14.0. The smallest absolute Gasteiger partial charge is 0.137 e. The van der Waals surface area contributed by atoms with Crippen molar-refractivity contribution in [3.05, 3.63) is 70.6 Å². The van der Waals surface area contributed by atoms with Crippen LogP contribution in [0.5, 0.6) is 0 Å². The van der Waals surface area contributed by atoms with Crippen LogP contribution >= 0.6 is 11.3 Å². The van der Waals surface area contributed by atoms with Crippen LogP contribution in [0.4, 0.5) is 0 Å². The molecule has 0 aliphatic carbocycles. The maximum atomic E-state index is 12.2. The van der Waals surface area contributed by atoms with Crippen LogP contribution in [0.1, 0.15) is 23.1 Å². The summed E-state index contributed by atoms with van der Waals surface area (Å²) in [4.78, 5) is 12.2. The van der Waals surface area contributed by atoms with E-state index in [1.807, 2.05) is 12.1 Å². The minimum atomic E-state index is 0.319. The summed E-state index contributed by atoms with van der Waals surface area (Å²) in [6, 6.07) is 16.7. The van der Waals surface area contributed by atoms with Crippen LogP contribution in [0.3, 0.4) is 0 Å². The Morgan fingerprint density at radius 2 is 1.81 bits per heavy atom. The van der Waals surface area contributed by atoms with Gasteiger partial charge in [0.2, 0.25) is 0 Å². The van der Waals surface area contributed by atoms with E-state index in [1.54, 1.807) is 11.3 Å². The second kappa shape index (κ2) is 6.23. The molecule has 0 aliphatic heterocycles. The lowest BCUT2D eigenvalue weighted by molar-refractivity contribution is -0.118. The molecule has 3 rings (SSSR count). The van der Waals surface area contributed by atoms with Gasteiger partial charge in [0, 0.05) is 17.5 Å². The molecule has 21 heavy (non-hydrogen) atoms. The van der Waals surface area contributed by atoms with Crippen LogP contribution < -0.4 is 0 Å².